The van der Waals surface area contributed by atoms with Crippen LogP contribution in [0.5, 0.6) is 5.88 Å². The smallest absolute Gasteiger partial charge is 0.324 e. The first-order chi connectivity index (χ1) is 16.0. The van der Waals surface area contributed by atoms with Crippen LogP contribution in [0.2, 0.25) is 0 Å². The molecular weight excluding hydrogens is 436 g/mol. The van der Waals surface area contributed by atoms with E-state index in [4.69, 9.17) is 9.47 Å². The minimum absolute atomic E-state index is 0.0638. The predicted molar refractivity (Wildman–Crippen MR) is 113 cm³/mol. The van der Waals surface area contributed by atoms with Gasteiger partial charge in [0.2, 0.25) is 5.88 Å². The molecule has 0 saturated carbocycles. The molecule has 174 valence electrons. The molecule has 0 spiro atoms. The van der Waals surface area contributed by atoms with Crippen LogP contribution in [0.15, 0.2) is 36.4 Å². The van der Waals surface area contributed by atoms with Crippen LogP contribution in [0.1, 0.15) is 23.4 Å². The Bertz CT molecular complexity index is 1090. The second-order valence-electron chi connectivity index (χ2n) is 7.42. The van der Waals surface area contributed by atoms with Crippen LogP contribution in [0.25, 0.3) is 5.69 Å². The van der Waals surface area contributed by atoms with Crippen molar-refractivity contribution >= 4 is 11.8 Å². The van der Waals surface area contributed by atoms with Gasteiger partial charge in [0, 0.05) is 31.3 Å². The highest BCUT2D eigenvalue weighted by atomic mass is 19.3. The molecule has 1 aromatic carbocycles. The van der Waals surface area contributed by atoms with E-state index >= 15 is 0 Å². The van der Waals surface area contributed by atoms with E-state index in [0.717, 1.165) is 0 Å². The minimum atomic E-state index is -2.53. The Labute approximate surface area is 188 Å². The minimum Gasteiger partial charge on any atom is -0.470 e. The Morgan fingerprint density at radius 2 is 1.97 bits per heavy atom. The van der Waals surface area contributed by atoms with Crippen molar-refractivity contribution in [3.8, 4) is 11.6 Å². The molecule has 3 heterocycles. The molecule has 0 amide bonds. The first-order valence-electron chi connectivity index (χ1n) is 10.3. The Hall–Kier alpha value is -3.67. The molecule has 1 atom stereocenters. The van der Waals surface area contributed by atoms with Crippen molar-refractivity contribution in [3.63, 3.8) is 0 Å². The van der Waals surface area contributed by atoms with Crippen LogP contribution in [0.3, 0.4) is 0 Å². The van der Waals surface area contributed by atoms with Gasteiger partial charge in [-0.2, -0.15) is 0 Å². The zero-order valence-corrected chi connectivity index (χ0v) is 18.1. The second kappa shape index (κ2) is 9.86. The molecule has 4 rings (SSSR count). The molecule has 3 aromatic rings. The summed E-state index contributed by atoms with van der Waals surface area (Å²) in [7, 11) is 1.36. The fourth-order valence-electron chi connectivity index (χ4n) is 3.47. The number of ether oxygens (including phenoxy) is 2. The number of piperazine rings is 1. The standard InChI is InChI=1S/C21H23F2N7O3/c1-13-17(30(28-25-13)15-5-3-14(4-6-15)20(22)23)12-33-19-8-7-18(26-27-19)29-10-9-24-16(11-29)21(31)32-2/h3-8,16,20,24H,9-12H2,1-2H3/t16-/m1/s1. The van der Waals surface area contributed by atoms with E-state index in [9.17, 15) is 13.6 Å². The lowest BCUT2D eigenvalue weighted by atomic mass is 10.2. The number of nitrogens with one attached hydrogen (secondary N) is 1. The number of methoxy groups -OCH3 is 1. The number of carbonyl (C=O) groups excluding carboxylic acids is 1. The maximum Gasteiger partial charge on any atom is 0.324 e. The number of hydrogen-bond acceptors (Lipinski definition) is 9. The molecule has 33 heavy (non-hydrogen) atoms. The molecule has 2 aromatic heterocycles. The molecule has 0 radical (unpaired) electrons. The Morgan fingerprint density at radius 3 is 2.64 bits per heavy atom. The highest BCUT2D eigenvalue weighted by Gasteiger charge is 2.27. The van der Waals surface area contributed by atoms with Crippen LogP contribution >= 0.6 is 0 Å². The summed E-state index contributed by atoms with van der Waals surface area (Å²) in [4.78, 5) is 13.7. The highest BCUT2D eigenvalue weighted by Crippen LogP contribution is 2.22. The summed E-state index contributed by atoms with van der Waals surface area (Å²) in [6.45, 7) is 3.62. The van der Waals surface area contributed by atoms with Gasteiger partial charge in [0.1, 0.15) is 18.3 Å². The van der Waals surface area contributed by atoms with E-state index in [0.29, 0.717) is 48.4 Å². The number of alkyl halides is 2. The molecule has 1 N–H and O–H groups in total. The number of hydrogen-bond donors (Lipinski definition) is 1. The van der Waals surface area contributed by atoms with Gasteiger partial charge in [-0.25, -0.2) is 13.5 Å². The summed E-state index contributed by atoms with van der Waals surface area (Å²) < 4.78 is 37.7. The lowest BCUT2D eigenvalue weighted by Gasteiger charge is -2.32. The number of aryl methyl sites for hydroxylation is 1. The van der Waals surface area contributed by atoms with Crippen molar-refractivity contribution in [3.05, 3.63) is 53.3 Å². The van der Waals surface area contributed by atoms with E-state index in [1.54, 1.807) is 35.9 Å². The summed E-state index contributed by atoms with van der Waals surface area (Å²) in [5.41, 5.74) is 1.84. The maximum absolute atomic E-state index is 12.8. The summed E-state index contributed by atoms with van der Waals surface area (Å²) >= 11 is 0. The second-order valence-corrected chi connectivity index (χ2v) is 7.42. The number of rotatable bonds is 7. The van der Waals surface area contributed by atoms with Gasteiger partial charge in [-0.15, -0.1) is 15.3 Å². The van der Waals surface area contributed by atoms with Crippen molar-refractivity contribution in [2.75, 3.05) is 31.6 Å². The van der Waals surface area contributed by atoms with Gasteiger partial charge >= 0.3 is 5.97 Å². The molecule has 12 heteroatoms. The summed E-state index contributed by atoms with van der Waals surface area (Å²) in [6, 6.07) is 8.86. The van der Waals surface area contributed by atoms with E-state index in [2.05, 4.69) is 25.8 Å². The lowest BCUT2D eigenvalue weighted by molar-refractivity contribution is -0.143. The Balaban J connectivity index is 1.42. The van der Waals surface area contributed by atoms with Gasteiger partial charge in [-0.3, -0.25) is 4.79 Å². The summed E-state index contributed by atoms with van der Waals surface area (Å²) in [6.07, 6.45) is -2.53. The van der Waals surface area contributed by atoms with Crippen molar-refractivity contribution in [1.29, 1.82) is 0 Å². The third-order valence-corrected chi connectivity index (χ3v) is 5.31. The number of esters is 1. The molecule has 1 saturated heterocycles. The van der Waals surface area contributed by atoms with Gasteiger partial charge in [-0.05, 0) is 25.1 Å². The number of anilines is 1. The van der Waals surface area contributed by atoms with Crippen molar-refractivity contribution in [2.45, 2.75) is 26.0 Å². The quantitative estimate of drug-likeness (QED) is 0.530. The molecule has 10 nitrogen and oxygen atoms in total. The largest absolute Gasteiger partial charge is 0.470 e. The highest BCUT2D eigenvalue weighted by molar-refractivity contribution is 5.76. The molecule has 0 bridgehead atoms. The van der Waals surface area contributed by atoms with E-state index in [1.165, 1.54) is 19.2 Å². The monoisotopic (exact) mass is 459 g/mol. The molecule has 1 aliphatic rings. The normalized spacial score (nSPS) is 16.2. The van der Waals surface area contributed by atoms with Crippen LogP contribution in [-0.4, -0.2) is 63.9 Å². The average Bonchev–Trinajstić information content (AvgIpc) is 3.22. The zero-order chi connectivity index (χ0) is 23.4. The van der Waals surface area contributed by atoms with Crippen LogP contribution in [0, 0.1) is 6.92 Å². The van der Waals surface area contributed by atoms with Crippen molar-refractivity contribution in [2.24, 2.45) is 0 Å². The molecule has 1 fully saturated rings. The fraction of sp³-hybridized carbons (Fsp3) is 0.381. The Morgan fingerprint density at radius 1 is 1.18 bits per heavy atom. The summed E-state index contributed by atoms with van der Waals surface area (Å²) in [5.74, 6) is 0.607. The summed E-state index contributed by atoms with van der Waals surface area (Å²) in [5, 5.41) is 19.6. The lowest BCUT2D eigenvalue weighted by Crippen LogP contribution is -2.54. The predicted octanol–water partition coefficient (Wildman–Crippen LogP) is 1.83. The van der Waals surface area contributed by atoms with Crippen LogP contribution < -0.4 is 15.0 Å². The third-order valence-electron chi connectivity index (χ3n) is 5.31. The SMILES string of the molecule is COC(=O)[C@H]1CN(c2ccc(OCc3c(C)nnn3-c3ccc(C(F)F)cc3)nn2)CCN1. The molecule has 0 unspecified atom stereocenters. The van der Waals surface area contributed by atoms with Gasteiger partial charge in [0.15, 0.2) is 5.82 Å². The number of aromatic nitrogens is 5. The van der Waals surface area contributed by atoms with Gasteiger partial charge < -0.3 is 19.7 Å². The fourth-order valence-corrected chi connectivity index (χ4v) is 3.47. The number of nitrogens with zero attached hydrogens (tertiary/aromatic N) is 6. The van der Waals surface area contributed by atoms with Crippen LogP contribution in [-0.2, 0) is 16.1 Å². The molecular formula is C21H23F2N7O3. The topological polar surface area (TPSA) is 107 Å². The van der Waals surface area contributed by atoms with E-state index < -0.39 is 12.5 Å². The van der Waals surface area contributed by atoms with Crippen molar-refractivity contribution in [1.82, 2.24) is 30.5 Å². The maximum atomic E-state index is 12.8. The number of halogens is 2. The third kappa shape index (κ3) is 5.06. The first kappa shape index (κ1) is 22.5. The molecule has 0 aliphatic carbocycles. The number of benzene rings is 1. The van der Waals surface area contributed by atoms with E-state index in [-0.39, 0.29) is 18.1 Å². The Kier molecular flexibility index (Phi) is 6.73. The van der Waals surface area contributed by atoms with Gasteiger partial charge in [-0.1, -0.05) is 17.3 Å². The number of carbonyl (C=O) groups is 1. The van der Waals surface area contributed by atoms with Crippen molar-refractivity contribution < 1.29 is 23.0 Å². The van der Waals surface area contributed by atoms with E-state index in [1.807, 2.05) is 4.90 Å². The average molecular weight is 459 g/mol. The van der Waals surface area contributed by atoms with Crippen LogP contribution in [0.4, 0.5) is 14.6 Å². The van der Waals surface area contributed by atoms with Gasteiger partial charge in [0.25, 0.3) is 6.43 Å². The first-order valence-corrected chi connectivity index (χ1v) is 10.3. The molecule has 1 aliphatic heterocycles. The zero-order valence-electron chi connectivity index (χ0n) is 18.1. The van der Waals surface area contributed by atoms with Gasteiger partial charge in [0.05, 0.1) is 18.5 Å².